The molecule has 0 spiro atoms. The highest BCUT2D eigenvalue weighted by molar-refractivity contribution is 7.19. The second kappa shape index (κ2) is 6.53. The lowest BCUT2D eigenvalue weighted by atomic mass is 10.1. The second-order valence-electron chi connectivity index (χ2n) is 6.67. The molecular weight excluding hydrogens is 400 g/mol. The number of ether oxygens (including phenoxy) is 1. The van der Waals surface area contributed by atoms with Gasteiger partial charge in [-0.1, -0.05) is 29.5 Å². The lowest BCUT2D eigenvalue weighted by molar-refractivity contribution is 0.415. The SMILES string of the molecule is COc1ccc(-c2cc(-c3nnc4sc(-c5cc6ccccc6o5)nn34)[nH]n2)cc1. The van der Waals surface area contributed by atoms with Crippen LogP contribution in [0, 0.1) is 0 Å². The van der Waals surface area contributed by atoms with E-state index in [-0.39, 0.29) is 0 Å². The predicted octanol–water partition coefficient (Wildman–Crippen LogP) is 4.66. The number of rotatable bonds is 4. The van der Waals surface area contributed by atoms with Crippen LogP contribution in [0.1, 0.15) is 0 Å². The first-order valence-corrected chi connectivity index (χ1v) is 10.0. The Balaban J connectivity index is 1.38. The maximum atomic E-state index is 5.94. The number of H-pyrrole nitrogens is 1. The molecule has 2 aromatic carbocycles. The Labute approximate surface area is 173 Å². The quantitative estimate of drug-likeness (QED) is 0.451. The number of methoxy groups -OCH3 is 1. The van der Waals surface area contributed by atoms with E-state index in [1.165, 1.54) is 11.3 Å². The van der Waals surface area contributed by atoms with Gasteiger partial charge in [0.2, 0.25) is 10.8 Å². The Morgan fingerprint density at radius 3 is 2.73 bits per heavy atom. The third-order valence-electron chi connectivity index (χ3n) is 4.83. The highest BCUT2D eigenvalue weighted by Crippen LogP contribution is 2.32. The fraction of sp³-hybridized carbons (Fsp3) is 0.0476. The van der Waals surface area contributed by atoms with Crippen LogP contribution in [0.5, 0.6) is 5.75 Å². The zero-order chi connectivity index (χ0) is 20.1. The third kappa shape index (κ3) is 2.67. The van der Waals surface area contributed by atoms with Crippen LogP contribution in [0.25, 0.3) is 49.5 Å². The van der Waals surface area contributed by atoms with Gasteiger partial charge in [-0.15, -0.1) is 15.3 Å². The zero-order valence-electron chi connectivity index (χ0n) is 15.7. The molecule has 4 aromatic heterocycles. The minimum atomic E-state index is 0.593. The fourth-order valence-corrected chi connectivity index (χ4v) is 4.11. The van der Waals surface area contributed by atoms with Crippen molar-refractivity contribution in [1.82, 2.24) is 30.0 Å². The molecule has 0 aliphatic carbocycles. The average molecular weight is 414 g/mol. The largest absolute Gasteiger partial charge is 0.497 e. The molecule has 0 saturated heterocycles. The van der Waals surface area contributed by atoms with Gasteiger partial charge in [-0.2, -0.15) is 9.61 Å². The molecule has 0 atom stereocenters. The molecule has 0 amide bonds. The molecule has 9 heteroatoms. The van der Waals surface area contributed by atoms with Crippen molar-refractivity contribution in [3.8, 4) is 39.3 Å². The van der Waals surface area contributed by atoms with Gasteiger partial charge >= 0.3 is 0 Å². The normalized spacial score (nSPS) is 11.5. The van der Waals surface area contributed by atoms with E-state index in [1.807, 2.05) is 60.7 Å². The Morgan fingerprint density at radius 2 is 1.90 bits per heavy atom. The molecule has 0 aliphatic rings. The zero-order valence-corrected chi connectivity index (χ0v) is 16.6. The second-order valence-corrected chi connectivity index (χ2v) is 7.63. The Morgan fingerprint density at radius 1 is 1.03 bits per heavy atom. The Hall–Kier alpha value is -3.98. The molecule has 30 heavy (non-hydrogen) atoms. The van der Waals surface area contributed by atoms with E-state index in [1.54, 1.807) is 11.6 Å². The summed E-state index contributed by atoms with van der Waals surface area (Å²) in [6, 6.07) is 19.5. The molecule has 146 valence electrons. The van der Waals surface area contributed by atoms with Crippen molar-refractivity contribution >= 4 is 27.3 Å². The molecule has 0 bridgehead atoms. The van der Waals surface area contributed by atoms with Gasteiger partial charge in [0.1, 0.15) is 17.0 Å². The highest BCUT2D eigenvalue weighted by Gasteiger charge is 2.18. The van der Waals surface area contributed by atoms with Crippen molar-refractivity contribution < 1.29 is 9.15 Å². The van der Waals surface area contributed by atoms with Crippen molar-refractivity contribution in [2.75, 3.05) is 7.11 Å². The standard InChI is InChI=1S/C21H14N6O2S/c1-28-14-8-6-12(7-9-14)15-11-16(23-22-15)19-24-25-21-27(19)26-20(30-21)18-10-13-4-2-3-5-17(13)29-18/h2-11H,1H3,(H,22,23). The number of aromatic nitrogens is 6. The molecule has 0 unspecified atom stereocenters. The number of hydrogen-bond donors (Lipinski definition) is 1. The van der Waals surface area contributed by atoms with Crippen LogP contribution >= 0.6 is 11.3 Å². The molecule has 0 aliphatic heterocycles. The molecule has 6 rings (SSSR count). The van der Waals surface area contributed by atoms with E-state index in [9.17, 15) is 0 Å². The predicted molar refractivity (Wildman–Crippen MR) is 113 cm³/mol. The molecule has 1 N–H and O–H groups in total. The lowest BCUT2D eigenvalue weighted by Crippen LogP contribution is -1.90. The van der Waals surface area contributed by atoms with E-state index >= 15 is 0 Å². The van der Waals surface area contributed by atoms with Crippen LogP contribution < -0.4 is 4.74 Å². The first kappa shape index (κ1) is 16.9. The van der Waals surface area contributed by atoms with Crippen molar-refractivity contribution in [2.45, 2.75) is 0 Å². The van der Waals surface area contributed by atoms with Gasteiger partial charge in [-0.25, -0.2) is 0 Å². The summed E-state index contributed by atoms with van der Waals surface area (Å²) >= 11 is 1.42. The van der Waals surface area contributed by atoms with Gasteiger partial charge in [-0.05, 0) is 42.5 Å². The number of hydrogen-bond acceptors (Lipinski definition) is 7. The van der Waals surface area contributed by atoms with Crippen LogP contribution in [0.3, 0.4) is 0 Å². The summed E-state index contributed by atoms with van der Waals surface area (Å²) in [5.41, 5.74) is 3.34. The van der Waals surface area contributed by atoms with Crippen LogP contribution in [0.2, 0.25) is 0 Å². The molecule has 0 saturated carbocycles. The fourth-order valence-electron chi connectivity index (χ4n) is 3.32. The summed E-state index contributed by atoms with van der Waals surface area (Å²) < 4.78 is 12.9. The Kier molecular flexibility index (Phi) is 3.68. The van der Waals surface area contributed by atoms with Crippen molar-refractivity contribution in [1.29, 1.82) is 0 Å². The molecular formula is C21H14N6O2S. The van der Waals surface area contributed by atoms with Crippen LogP contribution in [0.4, 0.5) is 0 Å². The molecule has 6 aromatic rings. The minimum Gasteiger partial charge on any atom is -0.497 e. The van der Waals surface area contributed by atoms with E-state index in [0.29, 0.717) is 16.5 Å². The first-order chi connectivity index (χ1) is 14.8. The van der Waals surface area contributed by atoms with Crippen molar-refractivity contribution in [3.63, 3.8) is 0 Å². The van der Waals surface area contributed by atoms with E-state index in [0.717, 1.165) is 38.7 Å². The van der Waals surface area contributed by atoms with Crippen LogP contribution in [-0.4, -0.2) is 37.1 Å². The van der Waals surface area contributed by atoms with Gasteiger partial charge in [-0.3, -0.25) is 5.10 Å². The summed E-state index contributed by atoms with van der Waals surface area (Å²) in [7, 11) is 1.64. The molecule has 4 heterocycles. The summed E-state index contributed by atoms with van der Waals surface area (Å²) in [4.78, 5) is 0.682. The van der Waals surface area contributed by atoms with Gasteiger partial charge < -0.3 is 9.15 Å². The lowest BCUT2D eigenvalue weighted by Gasteiger charge is -1.99. The van der Waals surface area contributed by atoms with Crippen molar-refractivity contribution in [2.24, 2.45) is 0 Å². The van der Waals surface area contributed by atoms with Gasteiger partial charge in [0.25, 0.3) is 0 Å². The Bertz CT molecular complexity index is 1460. The van der Waals surface area contributed by atoms with E-state index in [4.69, 9.17) is 9.15 Å². The van der Waals surface area contributed by atoms with Crippen LogP contribution in [-0.2, 0) is 0 Å². The summed E-state index contributed by atoms with van der Waals surface area (Å²) in [5.74, 6) is 2.10. The van der Waals surface area contributed by atoms with Gasteiger partial charge in [0.15, 0.2) is 10.8 Å². The summed E-state index contributed by atoms with van der Waals surface area (Å²) in [5, 5.41) is 22.4. The van der Waals surface area contributed by atoms with Crippen LogP contribution in [0.15, 0.2) is 65.1 Å². The van der Waals surface area contributed by atoms with Crippen molar-refractivity contribution in [3.05, 3.63) is 60.7 Å². The maximum absolute atomic E-state index is 5.94. The third-order valence-corrected chi connectivity index (χ3v) is 5.75. The number of aromatic amines is 1. The average Bonchev–Trinajstić information content (AvgIpc) is 3.55. The van der Waals surface area contributed by atoms with Gasteiger partial charge in [0.05, 0.1) is 12.8 Å². The number of fused-ring (bicyclic) bond motifs is 2. The van der Waals surface area contributed by atoms with E-state index in [2.05, 4.69) is 25.5 Å². The highest BCUT2D eigenvalue weighted by atomic mass is 32.1. The number of para-hydroxylation sites is 1. The number of benzene rings is 2. The summed E-state index contributed by atoms with van der Waals surface area (Å²) in [6.45, 7) is 0. The first-order valence-electron chi connectivity index (χ1n) is 9.20. The smallest absolute Gasteiger partial charge is 0.235 e. The number of nitrogens with zero attached hydrogens (tertiary/aromatic N) is 5. The van der Waals surface area contributed by atoms with Gasteiger partial charge in [0, 0.05) is 10.9 Å². The number of furan rings is 1. The number of nitrogens with one attached hydrogen (secondary N) is 1. The van der Waals surface area contributed by atoms with E-state index < -0.39 is 0 Å². The summed E-state index contributed by atoms with van der Waals surface area (Å²) in [6.07, 6.45) is 0. The molecule has 0 fully saturated rings. The topological polar surface area (TPSA) is 94.1 Å². The molecule has 0 radical (unpaired) electrons. The monoisotopic (exact) mass is 414 g/mol. The minimum absolute atomic E-state index is 0.593. The maximum Gasteiger partial charge on any atom is 0.235 e. The molecule has 8 nitrogen and oxygen atoms in total.